The van der Waals surface area contributed by atoms with Crippen molar-refractivity contribution >= 4 is 20.7 Å². The van der Waals surface area contributed by atoms with Crippen molar-refractivity contribution in [1.29, 1.82) is 0 Å². The van der Waals surface area contributed by atoms with Crippen LogP contribution in [-0.4, -0.2) is 13.4 Å². The van der Waals surface area contributed by atoms with Crippen LogP contribution in [0, 0.1) is 5.92 Å². The topological polar surface area (TPSA) is 49.9 Å². The molecular weight excluding hydrogens is 258 g/mol. The first-order valence-corrected chi connectivity index (χ1v) is 7.85. The number of hydrogen-bond acceptors (Lipinski definition) is 2. The van der Waals surface area contributed by atoms with Crippen molar-refractivity contribution in [2.24, 2.45) is 5.92 Å². The van der Waals surface area contributed by atoms with Gasteiger partial charge in [-0.3, -0.25) is 0 Å². The molecule has 0 aliphatic heterocycles. The third kappa shape index (κ3) is 1.46. The smallest absolute Gasteiger partial charge is 0.205 e. The van der Waals surface area contributed by atoms with Crippen molar-refractivity contribution < 1.29 is 8.42 Å². The van der Waals surface area contributed by atoms with Gasteiger partial charge >= 0.3 is 0 Å². The van der Waals surface area contributed by atoms with Gasteiger partial charge in [-0.15, -0.1) is 0 Å². The molecule has 0 atom stereocenters. The van der Waals surface area contributed by atoms with Crippen LogP contribution >= 0.6 is 0 Å². The van der Waals surface area contributed by atoms with Gasteiger partial charge in [-0.2, -0.15) is 0 Å². The largest absolute Gasteiger partial charge is 0.360 e. The number of rotatable bonds is 2. The number of sulfone groups is 1. The number of allylic oxidation sites excluding steroid dienone is 4. The van der Waals surface area contributed by atoms with Crippen LogP contribution in [0.3, 0.4) is 0 Å². The van der Waals surface area contributed by atoms with E-state index in [0.29, 0.717) is 9.80 Å². The lowest BCUT2D eigenvalue weighted by molar-refractivity contribution is 0.486. The van der Waals surface area contributed by atoms with Crippen molar-refractivity contribution in [2.45, 2.75) is 17.7 Å². The standard InChI is InChI=1S/C15H13NO2S/c17-19(18,14-6-5-10-7-11(14)8-10)15-9-16-13-4-2-1-3-12(13)15/h1-6,9,11,16H,7-8H2. The molecule has 4 heteroatoms. The summed E-state index contributed by atoms with van der Waals surface area (Å²) in [5.74, 6) is 0.193. The van der Waals surface area contributed by atoms with E-state index in [9.17, 15) is 8.42 Å². The Bertz CT molecular complexity index is 832. The van der Waals surface area contributed by atoms with Gasteiger partial charge in [0.05, 0.1) is 9.80 Å². The van der Waals surface area contributed by atoms with Crippen molar-refractivity contribution in [1.82, 2.24) is 4.98 Å². The summed E-state index contributed by atoms with van der Waals surface area (Å²) in [4.78, 5) is 4.02. The Morgan fingerprint density at radius 1 is 1.11 bits per heavy atom. The number of benzene rings is 1. The average molecular weight is 271 g/mol. The normalized spacial score (nSPS) is 18.9. The molecule has 5 rings (SSSR count). The molecule has 1 N–H and O–H groups in total. The number of aromatic nitrogens is 1. The van der Waals surface area contributed by atoms with E-state index in [1.165, 1.54) is 5.57 Å². The Morgan fingerprint density at radius 2 is 1.89 bits per heavy atom. The molecule has 0 spiro atoms. The van der Waals surface area contributed by atoms with Gasteiger partial charge in [0.25, 0.3) is 0 Å². The van der Waals surface area contributed by atoms with Gasteiger partial charge in [0, 0.05) is 23.0 Å². The summed E-state index contributed by atoms with van der Waals surface area (Å²) in [5, 5.41) is 0.775. The third-order valence-electron chi connectivity index (χ3n) is 4.05. The van der Waals surface area contributed by atoms with E-state index >= 15 is 0 Å². The van der Waals surface area contributed by atoms with Crippen LogP contribution in [0.25, 0.3) is 10.9 Å². The summed E-state index contributed by atoms with van der Waals surface area (Å²) >= 11 is 0. The molecule has 3 aliphatic carbocycles. The van der Waals surface area contributed by atoms with Crippen molar-refractivity contribution in [2.75, 3.05) is 0 Å². The van der Waals surface area contributed by atoms with Gasteiger partial charge < -0.3 is 4.98 Å². The quantitative estimate of drug-likeness (QED) is 0.912. The molecule has 19 heavy (non-hydrogen) atoms. The van der Waals surface area contributed by atoms with E-state index in [1.54, 1.807) is 12.3 Å². The lowest BCUT2D eigenvalue weighted by Crippen LogP contribution is -2.25. The Kier molecular flexibility index (Phi) is 2.10. The second-order valence-electron chi connectivity index (χ2n) is 5.20. The molecular formula is C15H13NO2S. The molecule has 0 saturated heterocycles. The van der Waals surface area contributed by atoms with Crippen molar-refractivity contribution in [3.8, 4) is 0 Å². The Balaban J connectivity index is 1.92. The first kappa shape index (κ1) is 11.1. The maximum atomic E-state index is 12.8. The van der Waals surface area contributed by atoms with E-state index in [4.69, 9.17) is 0 Å². The molecule has 1 aromatic carbocycles. The van der Waals surface area contributed by atoms with Gasteiger partial charge in [0.2, 0.25) is 9.84 Å². The number of para-hydroxylation sites is 1. The number of aromatic amines is 1. The summed E-state index contributed by atoms with van der Waals surface area (Å²) in [6.07, 6.45) is 7.17. The molecule has 1 fully saturated rings. The molecule has 1 heterocycles. The van der Waals surface area contributed by atoms with Crippen LogP contribution in [0.4, 0.5) is 0 Å². The van der Waals surface area contributed by atoms with Crippen LogP contribution < -0.4 is 0 Å². The Labute approximate surface area is 111 Å². The summed E-state index contributed by atoms with van der Waals surface area (Å²) in [6, 6.07) is 7.51. The lowest BCUT2D eigenvalue weighted by Gasteiger charge is -2.34. The number of fused-ring (bicyclic) bond motifs is 2. The molecule has 2 bridgehead atoms. The van der Waals surface area contributed by atoms with Crippen LogP contribution in [0.2, 0.25) is 0 Å². The molecule has 3 aliphatic rings. The predicted octanol–water partition coefficient (Wildman–Crippen LogP) is 3.18. The van der Waals surface area contributed by atoms with Crippen molar-refractivity contribution in [3.63, 3.8) is 0 Å². The zero-order chi connectivity index (χ0) is 13.0. The average Bonchev–Trinajstić information content (AvgIpc) is 2.82. The highest BCUT2D eigenvalue weighted by Crippen LogP contribution is 2.46. The van der Waals surface area contributed by atoms with Gasteiger partial charge in [-0.25, -0.2) is 8.42 Å². The highest BCUT2D eigenvalue weighted by Gasteiger charge is 2.37. The zero-order valence-electron chi connectivity index (χ0n) is 10.3. The fourth-order valence-electron chi connectivity index (χ4n) is 2.95. The molecule has 1 aromatic heterocycles. The zero-order valence-corrected chi connectivity index (χ0v) is 11.1. The molecule has 1 saturated carbocycles. The van der Waals surface area contributed by atoms with E-state index < -0.39 is 9.84 Å². The van der Waals surface area contributed by atoms with Gasteiger partial charge in [-0.05, 0) is 25.0 Å². The third-order valence-corrected chi connectivity index (χ3v) is 6.06. The van der Waals surface area contributed by atoms with E-state index in [-0.39, 0.29) is 5.92 Å². The van der Waals surface area contributed by atoms with Crippen LogP contribution in [0.1, 0.15) is 12.8 Å². The minimum absolute atomic E-state index is 0.193. The van der Waals surface area contributed by atoms with Crippen molar-refractivity contribution in [3.05, 3.63) is 53.1 Å². The summed E-state index contributed by atoms with van der Waals surface area (Å²) in [6.45, 7) is 0. The van der Waals surface area contributed by atoms with E-state index in [0.717, 1.165) is 23.7 Å². The summed E-state index contributed by atoms with van der Waals surface area (Å²) < 4.78 is 25.6. The van der Waals surface area contributed by atoms with Gasteiger partial charge in [0.1, 0.15) is 0 Å². The predicted molar refractivity (Wildman–Crippen MR) is 74.4 cm³/mol. The molecule has 3 nitrogen and oxygen atoms in total. The van der Waals surface area contributed by atoms with Crippen LogP contribution in [0.5, 0.6) is 0 Å². The fraction of sp³-hybridized carbons (Fsp3) is 0.200. The lowest BCUT2D eigenvalue weighted by atomic mass is 9.76. The van der Waals surface area contributed by atoms with Gasteiger partial charge in [-0.1, -0.05) is 29.8 Å². The number of hydrogen-bond donors (Lipinski definition) is 1. The monoisotopic (exact) mass is 271 g/mol. The first-order valence-electron chi connectivity index (χ1n) is 6.37. The highest BCUT2D eigenvalue weighted by molar-refractivity contribution is 7.95. The molecule has 2 aromatic rings. The minimum Gasteiger partial charge on any atom is -0.360 e. The van der Waals surface area contributed by atoms with E-state index in [1.807, 2.05) is 30.3 Å². The number of nitrogens with one attached hydrogen (secondary N) is 1. The Hall–Kier alpha value is -1.81. The van der Waals surface area contributed by atoms with Crippen LogP contribution in [-0.2, 0) is 9.84 Å². The second-order valence-corrected chi connectivity index (χ2v) is 7.12. The molecule has 96 valence electrons. The Morgan fingerprint density at radius 3 is 2.63 bits per heavy atom. The maximum Gasteiger partial charge on any atom is 0.205 e. The van der Waals surface area contributed by atoms with Crippen LogP contribution in [0.15, 0.2) is 58.0 Å². The summed E-state index contributed by atoms with van der Waals surface area (Å²) in [7, 11) is -3.37. The second kappa shape index (κ2) is 3.61. The first-order chi connectivity index (χ1) is 9.16. The minimum atomic E-state index is -3.37. The molecule has 0 amide bonds. The highest BCUT2D eigenvalue weighted by atomic mass is 32.2. The number of H-pyrrole nitrogens is 1. The SMILES string of the molecule is O=S(=O)(C1=CC=C2CC1C2)c1c[nH]c2ccccc12. The molecule has 0 unspecified atom stereocenters. The maximum absolute atomic E-state index is 12.8. The van der Waals surface area contributed by atoms with E-state index in [2.05, 4.69) is 4.98 Å². The summed E-state index contributed by atoms with van der Waals surface area (Å²) in [5.41, 5.74) is 2.23. The fourth-order valence-corrected chi connectivity index (χ4v) is 4.74. The van der Waals surface area contributed by atoms with Gasteiger partial charge in [0.15, 0.2) is 0 Å². The molecule has 0 radical (unpaired) electrons.